The number of nitrogens with two attached hydrogens (primary N) is 1. The summed E-state index contributed by atoms with van der Waals surface area (Å²) in [6.07, 6.45) is 2.86. The van der Waals surface area contributed by atoms with Crippen molar-refractivity contribution in [1.82, 2.24) is 4.90 Å². The number of rotatable bonds is 3. The van der Waals surface area contributed by atoms with Crippen molar-refractivity contribution in [1.29, 1.82) is 0 Å². The molecule has 1 heterocycles. The molecule has 0 atom stereocenters. The largest absolute Gasteiger partial charge is 0.338 e. The van der Waals surface area contributed by atoms with Gasteiger partial charge in [0.05, 0.1) is 0 Å². The van der Waals surface area contributed by atoms with E-state index in [0.717, 1.165) is 24.9 Å². The van der Waals surface area contributed by atoms with Crippen LogP contribution in [0.5, 0.6) is 0 Å². The van der Waals surface area contributed by atoms with Crippen LogP contribution in [0.4, 0.5) is 0 Å². The molecule has 1 aliphatic heterocycles. The molecule has 1 aromatic rings. The summed E-state index contributed by atoms with van der Waals surface area (Å²) in [5.74, 6) is 0.276. The maximum atomic E-state index is 11.7. The molecule has 3 heteroatoms. The number of hydrogen-bond donors (Lipinski definition) is 1. The van der Waals surface area contributed by atoms with E-state index < -0.39 is 0 Å². The molecule has 16 heavy (non-hydrogen) atoms. The van der Waals surface area contributed by atoms with Crippen molar-refractivity contribution in [2.24, 2.45) is 5.73 Å². The van der Waals surface area contributed by atoms with Gasteiger partial charge in [-0.1, -0.05) is 24.3 Å². The molecule has 2 rings (SSSR count). The van der Waals surface area contributed by atoms with Crippen molar-refractivity contribution < 1.29 is 4.79 Å². The summed E-state index contributed by atoms with van der Waals surface area (Å²) in [6, 6.07) is 8.08. The lowest BCUT2D eigenvalue weighted by Crippen LogP contribution is -2.34. The first-order valence-corrected chi connectivity index (χ1v) is 5.86. The molecule has 1 amide bonds. The summed E-state index contributed by atoms with van der Waals surface area (Å²) in [6.45, 7) is 2.14. The van der Waals surface area contributed by atoms with Gasteiger partial charge in [-0.05, 0) is 24.0 Å². The van der Waals surface area contributed by atoms with E-state index in [9.17, 15) is 4.79 Å². The van der Waals surface area contributed by atoms with Gasteiger partial charge in [-0.3, -0.25) is 4.79 Å². The van der Waals surface area contributed by atoms with Crippen molar-refractivity contribution >= 4 is 5.91 Å². The molecule has 0 saturated carbocycles. The Labute approximate surface area is 96.2 Å². The minimum Gasteiger partial charge on any atom is -0.338 e. The van der Waals surface area contributed by atoms with Gasteiger partial charge in [-0.25, -0.2) is 0 Å². The van der Waals surface area contributed by atoms with Crippen LogP contribution >= 0.6 is 0 Å². The quantitative estimate of drug-likeness (QED) is 0.838. The van der Waals surface area contributed by atoms with E-state index in [0.29, 0.717) is 19.5 Å². The van der Waals surface area contributed by atoms with E-state index in [1.807, 2.05) is 23.1 Å². The fourth-order valence-electron chi connectivity index (χ4n) is 2.15. The van der Waals surface area contributed by atoms with Crippen molar-refractivity contribution in [2.75, 3.05) is 6.54 Å². The highest BCUT2D eigenvalue weighted by Gasteiger charge is 2.18. The molecule has 1 aromatic carbocycles. The van der Waals surface area contributed by atoms with Crippen molar-refractivity contribution in [3.8, 4) is 0 Å². The van der Waals surface area contributed by atoms with Crippen molar-refractivity contribution in [3.05, 3.63) is 35.4 Å². The van der Waals surface area contributed by atoms with Crippen LogP contribution in [0.25, 0.3) is 0 Å². The number of benzene rings is 1. The molecule has 3 nitrogen and oxygen atoms in total. The molecule has 0 bridgehead atoms. The van der Waals surface area contributed by atoms with Crippen LogP contribution in [-0.4, -0.2) is 17.4 Å². The first-order valence-electron chi connectivity index (χ1n) is 5.86. The summed E-state index contributed by atoms with van der Waals surface area (Å²) in [4.78, 5) is 13.6. The standard InChI is InChI=1S/C13H18N2O/c14-9-11-5-1-2-6-12(11)10-15-8-4-3-7-13(15)16/h1-2,5-6H,3-4,7-10,14H2. The van der Waals surface area contributed by atoms with Gasteiger partial charge in [0.25, 0.3) is 0 Å². The van der Waals surface area contributed by atoms with Gasteiger partial charge in [0, 0.05) is 26.1 Å². The third-order valence-electron chi connectivity index (χ3n) is 3.12. The second-order valence-electron chi connectivity index (χ2n) is 4.25. The molecule has 0 aromatic heterocycles. The van der Waals surface area contributed by atoms with Gasteiger partial charge in [-0.15, -0.1) is 0 Å². The molecule has 2 N–H and O–H groups in total. The minimum atomic E-state index is 0.276. The van der Waals surface area contributed by atoms with E-state index in [4.69, 9.17) is 5.73 Å². The Bertz CT molecular complexity index is 376. The molecule has 0 spiro atoms. The summed E-state index contributed by atoms with van der Waals surface area (Å²) in [5, 5.41) is 0. The fraction of sp³-hybridized carbons (Fsp3) is 0.462. The Kier molecular flexibility index (Phi) is 3.57. The summed E-state index contributed by atoms with van der Waals surface area (Å²) < 4.78 is 0. The van der Waals surface area contributed by atoms with Crippen LogP contribution in [0, 0.1) is 0 Å². The summed E-state index contributed by atoms with van der Waals surface area (Å²) in [5.41, 5.74) is 8.01. The lowest BCUT2D eigenvalue weighted by molar-refractivity contribution is -0.133. The number of likely N-dealkylation sites (tertiary alicyclic amines) is 1. The average molecular weight is 218 g/mol. The Hall–Kier alpha value is -1.35. The van der Waals surface area contributed by atoms with Gasteiger partial charge in [0.2, 0.25) is 5.91 Å². The number of carbonyl (C=O) groups is 1. The topological polar surface area (TPSA) is 46.3 Å². The van der Waals surface area contributed by atoms with Gasteiger partial charge >= 0.3 is 0 Å². The van der Waals surface area contributed by atoms with E-state index in [1.165, 1.54) is 5.56 Å². The zero-order valence-corrected chi connectivity index (χ0v) is 9.48. The zero-order valence-electron chi connectivity index (χ0n) is 9.48. The Morgan fingerprint density at radius 3 is 2.62 bits per heavy atom. The number of amides is 1. The summed E-state index contributed by atoms with van der Waals surface area (Å²) in [7, 11) is 0. The normalized spacial score (nSPS) is 16.6. The van der Waals surface area contributed by atoms with Gasteiger partial charge < -0.3 is 10.6 Å². The number of piperidine rings is 1. The third-order valence-corrected chi connectivity index (χ3v) is 3.12. The highest BCUT2D eigenvalue weighted by Crippen LogP contribution is 2.16. The molecule has 0 aliphatic carbocycles. The highest BCUT2D eigenvalue weighted by molar-refractivity contribution is 5.76. The van der Waals surface area contributed by atoms with Crippen molar-refractivity contribution in [2.45, 2.75) is 32.4 Å². The first kappa shape index (κ1) is 11.1. The Balaban J connectivity index is 2.10. The maximum Gasteiger partial charge on any atom is 0.222 e. The molecule has 0 radical (unpaired) electrons. The van der Waals surface area contributed by atoms with Gasteiger partial charge in [0.15, 0.2) is 0 Å². The molecule has 1 saturated heterocycles. The lowest BCUT2D eigenvalue weighted by atomic mass is 10.0. The monoisotopic (exact) mass is 218 g/mol. The maximum absolute atomic E-state index is 11.7. The number of hydrogen-bond acceptors (Lipinski definition) is 2. The van der Waals surface area contributed by atoms with Gasteiger partial charge in [-0.2, -0.15) is 0 Å². The second kappa shape index (κ2) is 5.12. The molecule has 86 valence electrons. The second-order valence-corrected chi connectivity index (χ2v) is 4.25. The zero-order chi connectivity index (χ0) is 11.4. The molecule has 0 unspecified atom stereocenters. The van der Waals surface area contributed by atoms with E-state index in [1.54, 1.807) is 0 Å². The minimum absolute atomic E-state index is 0.276. The van der Waals surface area contributed by atoms with Gasteiger partial charge in [0.1, 0.15) is 0 Å². The van der Waals surface area contributed by atoms with Crippen LogP contribution < -0.4 is 5.73 Å². The highest BCUT2D eigenvalue weighted by atomic mass is 16.2. The predicted octanol–water partition coefficient (Wildman–Crippen LogP) is 1.66. The van der Waals surface area contributed by atoms with E-state index in [-0.39, 0.29) is 5.91 Å². The fourth-order valence-corrected chi connectivity index (χ4v) is 2.15. The molecular weight excluding hydrogens is 200 g/mol. The van der Waals surface area contributed by atoms with Crippen LogP contribution in [0.3, 0.4) is 0 Å². The van der Waals surface area contributed by atoms with Crippen LogP contribution in [0.2, 0.25) is 0 Å². The van der Waals surface area contributed by atoms with E-state index in [2.05, 4.69) is 6.07 Å². The van der Waals surface area contributed by atoms with E-state index >= 15 is 0 Å². The van der Waals surface area contributed by atoms with Crippen LogP contribution in [0.15, 0.2) is 24.3 Å². The lowest BCUT2D eigenvalue weighted by Gasteiger charge is -2.27. The van der Waals surface area contributed by atoms with Crippen LogP contribution in [0.1, 0.15) is 30.4 Å². The number of nitrogens with zero attached hydrogens (tertiary/aromatic N) is 1. The average Bonchev–Trinajstić information content (AvgIpc) is 2.33. The molecular formula is C13H18N2O. The Morgan fingerprint density at radius 2 is 1.94 bits per heavy atom. The van der Waals surface area contributed by atoms with Crippen LogP contribution in [-0.2, 0) is 17.9 Å². The summed E-state index contributed by atoms with van der Waals surface area (Å²) >= 11 is 0. The third kappa shape index (κ3) is 2.42. The first-order chi connectivity index (χ1) is 7.81. The number of carbonyl (C=O) groups excluding carboxylic acids is 1. The SMILES string of the molecule is NCc1ccccc1CN1CCCCC1=O. The molecule has 1 fully saturated rings. The smallest absolute Gasteiger partial charge is 0.222 e. The molecule has 1 aliphatic rings. The van der Waals surface area contributed by atoms with Crippen molar-refractivity contribution in [3.63, 3.8) is 0 Å². The predicted molar refractivity (Wildman–Crippen MR) is 63.6 cm³/mol. The Morgan fingerprint density at radius 1 is 1.19 bits per heavy atom.